The Balaban J connectivity index is 2.11. The van der Waals surface area contributed by atoms with Gasteiger partial charge in [0.25, 0.3) is 5.91 Å². The molecule has 0 spiro atoms. The zero-order valence-corrected chi connectivity index (χ0v) is 12.4. The van der Waals surface area contributed by atoms with Crippen LogP contribution >= 0.6 is 22.6 Å². The number of primary amides is 1. The third-order valence-corrected chi connectivity index (χ3v) is 3.55. The van der Waals surface area contributed by atoms with E-state index in [-0.39, 0.29) is 5.76 Å². The SMILES string of the molecule is NC(=O)c1oc2ccncc2c1Nc1ccc(I)cc1. The number of furan rings is 1. The first-order valence-electron chi connectivity index (χ1n) is 5.84. The van der Waals surface area contributed by atoms with Gasteiger partial charge in [0.05, 0.1) is 5.39 Å². The number of rotatable bonds is 3. The van der Waals surface area contributed by atoms with Crippen LogP contribution in [0.15, 0.2) is 47.1 Å². The predicted molar refractivity (Wildman–Crippen MR) is 85.0 cm³/mol. The number of aromatic nitrogens is 1. The Morgan fingerprint density at radius 2 is 2.00 bits per heavy atom. The molecule has 6 heteroatoms. The van der Waals surface area contributed by atoms with Crippen molar-refractivity contribution in [1.82, 2.24) is 4.98 Å². The molecule has 0 unspecified atom stereocenters. The molecule has 1 amide bonds. The highest BCUT2D eigenvalue weighted by atomic mass is 127. The lowest BCUT2D eigenvalue weighted by Crippen LogP contribution is -2.11. The number of carbonyl (C=O) groups is 1. The standard InChI is InChI=1S/C14H10IN3O2/c15-8-1-3-9(4-2-8)18-12-10-7-17-6-5-11(10)20-13(12)14(16)19/h1-7,18H,(H2,16,19). The average molecular weight is 379 g/mol. The molecular formula is C14H10IN3O2. The summed E-state index contributed by atoms with van der Waals surface area (Å²) in [5.74, 6) is -0.513. The minimum atomic E-state index is -0.616. The van der Waals surface area contributed by atoms with Gasteiger partial charge in [-0.15, -0.1) is 0 Å². The predicted octanol–water partition coefficient (Wildman–Crippen LogP) is 3.27. The first-order chi connectivity index (χ1) is 9.65. The zero-order chi connectivity index (χ0) is 14.1. The second-order valence-corrected chi connectivity index (χ2v) is 5.42. The number of pyridine rings is 1. The maximum Gasteiger partial charge on any atom is 0.286 e. The van der Waals surface area contributed by atoms with E-state index >= 15 is 0 Å². The molecule has 0 radical (unpaired) electrons. The van der Waals surface area contributed by atoms with Gasteiger partial charge in [-0.3, -0.25) is 9.78 Å². The minimum absolute atomic E-state index is 0.103. The topological polar surface area (TPSA) is 81.2 Å². The van der Waals surface area contributed by atoms with Crippen LogP contribution in [0.5, 0.6) is 0 Å². The summed E-state index contributed by atoms with van der Waals surface area (Å²) in [5.41, 5.74) is 7.32. The first kappa shape index (κ1) is 12.9. The van der Waals surface area contributed by atoms with Crippen LogP contribution in [0.25, 0.3) is 11.0 Å². The lowest BCUT2D eigenvalue weighted by atomic mass is 10.2. The summed E-state index contributed by atoms with van der Waals surface area (Å²) in [6.07, 6.45) is 3.24. The van der Waals surface area contributed by atoms with Gasteiger partial charge in [0.1, 0.15) is 11.3 Å². The van der Waals surface area contributed by atoms with E-state index in [1.807, 2.05) is 24.3 Å². The molecule has 3 rings (SSSR count). The number of benzene rings is 1. The molecule has 20 heavy (non-hydrogen) atoms. The summed E-state index contributed by atoms with van der Waals surface area (Å²) >= 11 is 2.23. The third-order valence-electron chi connectivity index (χ3n) is 2.83. The Labute approximate surface area is 128 Å². The summed E-state index contributed by atoms with van der Waals surface area (Å²) in [7, 11) is 0. The van der Waals surface area contributed by atoms with Crippen molar-refractivity contribution in [2.45, 2.75) is 0 Å². The molecule has 0 aliphatic heterocycles. The Hall–Kier alpha value is -2.09. The smallest absolute Gasteiger partial charge is 0.286 e. The van der Waals surface area contributed by atoms with E-state index in [1.54, 1.807) is 18.5 Å². The van der Waals surface area contributed by atoms with Crippen LogP contribution in [0.4, 0.5) is 11.4 Å². The third kappa shape index (κ3) is 2.34. The van der Waals surface area contributed by atoms with Gasteiger partial charge in [-0.2, -0.15) is 0 Å². The van der Waals surface area contributed by atoms with Crippen LogP contribution in [0.3, 0.4) is 0 Å². The lowest BCUT2D eigenvalue weighted by Gasteiger charge is -2.05. The largest absolute Gasteiger partial charge is 0.448 e. The van der Waals surface area contributed by atoms with E-state index in [1.165, 1.54) is 0 Å². The number of fused-ring (bicyclic) bond motifs is 1. The number of carbonyl (C=O) groups excluding carboxylic acids is 1. The Bertz CT molecular complexity index is 781. The molecule has 100 valence electrons. The quantitative estimate of drug-likeness (QED) is 0.685. The van der Waals surface area contributed by atoms with E-state index in [0.29, 0.717) is 11.3 Å². The van der Waals surface area contributed by atoms with Gasteiger partial charge < -0.3 is 15.5 Å². The summed E-state index contributed by atoms with van der Waals surface area (Å²) in [4.78, 5) is 15.6. The van der Waals surface area contributed by atoms with Gasteiger partial charge in [-0.05, 0) is 52.9 Å². The molecule has 0 atom stereocenters. The van der Waals surface area contributed by atoms with Crippen LogP contribution in [-0.4, -0.2) is 10.9 Å². The van der Waals surface area contributed by atoms with Crippen molar-refractivity contribution >= 4 is 50.8 Å². The van der Waals surface area contributed by atoms with E-state index in [2.05, 4.69) is 32.9 Å². The molecule has 0 bridgehead atoms. The molecule has 3 N–H and O–H groups in total. The number of halogens is 1. The molecule has 0 aliphatic carbocycles. The second kappa shape index (κ2) is 5.12. The van der Waals surface area contributed by atoms with Crippen molar-refractivity contribution < 1.29 is 9.21 Å². The summed E-state index contributed by atoms with van der Waals surface area (Å²) in [6.45, 7) is 0. The van der Waals surface area contributed by atoms with Gasteiger partial charge in [-0.25, -0.2) is 0 Å². The number of anilines is 2. The van der Waals surface area contributed by atoms with Crippen LogP contribution in [0.2, 0.25) is 0 Å². The molecule has 0 saturated heterocycles. The van der Waals surface area contributed by atoms with Crippen molar-refractivity contribution in [2.24, 2.45) is 5.73 Å². The van der Waals surface area contributed by atoms with Gasteiger partial charge in [-0.1, -0.05) is 0 Å². The molecular weight excluding hydrogens is 369 g/mol. The van der Waals surface area contributed by atoms with Crippen molar-refractivity contribution in [3.05, 3.63) is 52.1 Å². The number of hydrogen-bond donors (Lipinski definition) is 2. The van der Waals surface area contributed by atoms with Crippen LogP contribution < -0.4 is 11.1 Å². The highest BCUT2D eigenvalue weighted by Crippen LogP contribution is 2.32. The number of nitrogens with zero attached hydrogens (tertiary/aromatic N) is 1. The van der Waals surface area contributed by atoms with Gasteiger partial charge >= 0.3 is 0 Å². The number of hydrogen-bond acceptors (Lipinski definition) is 4. The molecule has 3 aromatic rings. The molecule has 5 nitrogen and oxygen atoms in total. The number of nitrogens with one attached hydrogen (secondary N) is 1. The van der Waals surface area contributed by atoms with E-state index in [0.717, 1.165) is 14.6 Å². The van der Waals surface area contributed by atoms with Crippen molar-refractivity contribution in [2.75, 3.05) is 5.32 Å². The maximum atomic E-state index is 11.5. The van der Waals surface area contributed by atoms with Crippen molar-refractivity contribution in [3.8, 4) is 0 Å². The van der Waals surface area contributed by atoms with E-state index in [4.69, 9.17) is 10.2 Å². The van der Waals surface area contributed by atoms with E-state index < -0.39 is 5.91 Å². The summed E-state index contributed by atoms with van der Waals surface area (Å²) in [5, 5.41) is 3.89. The minimum Gasteiger partial charge on any atom is -0.448 e. The monoisotopic (exact) mass is 379 g/mol. The van der Waals surface area contributed by atoms with Gasteiger partial charge in [0, 0.05) is 21.7 Å². The van der Waals surface area contributed by atoms with Gasteiger partial charge in [0.2, 0.25) is 5.76 Å². The maximum absolute atomic E-state index is 11.5. The highest BCUT2D eigenvalue weighted by Gasteiger charge is 2.18. The first-order valence-corrected chi connectivity index (χ1v) is 6.92. The summed E-state index contributed by atoms with van der Waals surface area (Å²) in [6, 6.07) is 9.46. The number of amides is 1. The van der Waals surface area contributed by atoms with Crippen LogP contribution in [0, 0.1) is 3.57 Å². The van der Waals surface area contributed by atoms with Gasteiger partial charge in [0.15, 0.2) is 0 Å². The Morgan fingerprint density at radius 1 is 1.25 bits per heavy atom. The fraction of sp³-hybridized carbons (Fsp3) is 0. The summed E-state index contributed by atoms with van der Waals surface area (Å²) < 4.78 is 6.60. The van der Waals surface area contributed by atoms with Crippen molar-refractivity contribution in [1.29, 1.82) is 0 Å². The molecule has 2 aromatic heterocycles. The fourth-order valence-electron chi connectivity index (χ4n) is 1.92. The molecule has 2 heterocycles. The fourth-order valence-corrected chi connectivity index (χ4v) is 2.28. The highest BCUT2D eigenvalue weighted by molar-refractivity contribution is 14.1. The number of nitrogens with two attached hydrogens (primary N) is 1. The Morgan fingerprint density at radius 3 is 2.70 bits per heavy atom. The molecule has 0 saturated carbocycles. The average Bonchev–Trinajstić information content (AvgIpc) is 2.81. The van der Waals surface area contributed by atoms with E-state index in [9.17, 15) is 4.79 Å². The second-order valence-electron chi connectivity index (χ2n) is 4.17. The molecule has 1 aromatic carbocycles. The van der Waals surface area contributed by atoms with Crippen molar-refractivity contribution in [3.63, 3.8) is 0 Å². The Kier molecular flexibility index (Phi) is 3.31. The van der Waals surface area contributed by atoms with Crippen LogP contribution in [-0.2, 0) is 0 Å². The van der Waals surface area contributed by atoms with Crippen LogP contribution in [0.1, 0.15) is 10.6 Å². The normalized spacial score (nSPS) is 10.7. The molecule has 0 fully saturated rings. The molecule has 0 aliphatic rings. The lowest BCUT2D eigenvalue weighted by molar-refractivity contribution is 0.0977. The zero-order valence-electron chi connectivity index (χ0n) is 10.3.